The molecule has 2 rings (SSSR count). The minimum absolute atomic E-state index is 0.112. The van der Waals surface area contributed by atoms with Crippen LogP contribution in [-0.2, 0) is 4.79 Å². The minimum Gasteiger partial charge on any atom is -0.487 e. The average Bonchev–Trinajstić information content (AvgIpc) is 2.81. The lowest BCUT2D eigenvalue weighted by Gasteiger charge is -2.12. The molecular weight excluding hydrogens is 326 g/mol. The van der Waals surface area contributed by atoms with E-state index in [1.54, 1.807) is 24.3 Å². The molecule has 1 fully saturated rings. The number of aliphatic hydroxyl groups is 2. The number of thioether (sulfide) groups is 1. The first-order valence-corrected chi connectivity index (χ1v) is 7.72. The van der Waals surface area contributed by atoms with E-state index in [2.05, 4.69) is 5.32 Å². The van der Waals surface area contributed by atoms with Crippen LogP contribution in [-0.4, -0.2) is 46.9 Å². The first-order chi connectivity index (χ1) is 10.6. The van der Waals surface area contributed by atoms with Gasteiger partial charge in [0.2, 0.25) is 0 Å². The summed E-state index contributed by atoms with van der Waals surface area (Å²) in [5, 5.41) is 20.2. The summed E-state index contributed by atoms with van der Waals surface area (Å²) in [7, 11) is 0. The Labute approximate surface area is 137 Å². The van der Waals surface area contributed by atoms with Crippen molar-refractivity contribution < 1.29 is 24.5 Å². The van der Waals surface area contributed by atoms with Crippen LogP contribution >= 0.6 is 24.0 Å². The zero-order valence-corrected chi connectivity index (χ0v) is 13.2. The van der Waals surface area contributed by atoms with E-state index >= 15 is 0 Å². The number of carbonyl (C=O) groups is 1. The molecule has 0 saturated carbocycles. The molecule has 6 nitrogen and oxygen atoms in total. The van der Waals surface area contributed by atoms with E-state index in [0.29, 0.717) is 20.7 Å². The standard InChI is InChI=1S/C14H15NO5S2/c16-3-5-19-10-2-1-9(7-11(10)20-6-4-17)8-12-13(18)15-14(21)22-12/h1-2,7-8,16-17H,3-6H2,(H,15,18,21)/b12-8-. The summed E-state index contributed by atoms with van der Waals surface area (Å²) >= 11 is 6.13. The zero-order valence-electron chi connectivity index (χ0n) is 11.6. The molecule has 1 saturated heterocycles. The third-order valence-corrected chi connectivity index (χ3v) is 3.77. The van der Waals surface area contributed by atoms with Crippen LogP contribution in [0.4, 0.5) is 0 Å². The Morgan fingerprint density at radius 1 is 1.18 bits per heavy atom. The van der Waals surface area contributed by atoms with Crippen LogP contribution in [0.15, 0.2) is 23.1 Å². The van der Waals surface area contributed by atoms with Crippen LogP contribution in [0, 0.1) is 0 Å². The van der Waals surface area contributed by atoms with Gasteiger partial charge in [-0.3, -0.25) is 4.79 Å². The van der Waals surface area contributed by atoms with Crippen LogP contribution in [0.5, 0.6) is 11.5 Å². The fourth-order valence-electron chi connectivity index (χ4n) is 1.73. The molecular formula is C14H15NO5S2. The van der Waals surface area contributed by atoms with Crippen molar-refractivity contribution in [2.75, 3.05) is 26.4 Å². The topological polar surface area (TPSA) is 88.0 Å². The van der Waals surface area contributed by atoms with Gasteiger partial charge in [-0.15, -0.1) is 0 Å². The van der Waals surface area contributed by atoms with Crippen LogP contribution in [0.2, 0.25) is 0 Å². The minimum atomic E-state index is -0.228. The normalized spacial score (nSPS) is 16.0. The number of nitrogens with one attached hydrogen (secondary N) is 1. The summed E-state index contributed by atoms with van der Waals surface area (Å²) in [6.45, 7) is 0.0219. The fourth-order valence-corrected chi connectivity index (χ4v) is 2.77. The largest absolute Gasteiger partial charge is 0.487 e. The first-order valence-electron chi connectivity index (χ1n) is 6.50. The summed E-state index contributed by atoms with van der Waals surface area (Å²) < 4.78 is 11.2. The molecule has 0 unspecified atom stereocenters. The maximum Gasteiger partial charge on any atom is 0.263 e. The maximum atomic E-state index is 11.6. The highest BCUT2D eigenvalue weighted by molar-refractivity contribution is 8.26. The third kappa shape index (κ3) is 4.44. The Hall–Kier alpha value is -1.61. The second-order valence-corrected chi connectivity index (χ2v) is 5.92. The number of thiocarbonyl (C=S) groups is 1. The monoisotopic (exact) mass is 341 g/mol. The summed E-state index contributed by atoms with van der Waals surface area (Å²) in [5.41, 5.74) is 0.742. The number of carbonyl (C=O) groups excluding carboxylic acids is 1. The molecule has 1 aliphatic heterocycles. The van der Waals surface area contributed by atoms with Gasteiger partial charge in [0.05, 0.1) is 18.1 Å². The van der Waals surface area contributed by atoms with Crippen LogP contribution in [0.3, 0.4) is 0 Å². The quantitative estimate of drug-likeness (QED) is 0.502. The van der Waals surface area contributed by atoms with Crippen molar-refractivity contribution in [1.82, 2.24) is 5.32 Å². The molecule has 1 aromatic carbocycles. The predicted octanol–water partition coefficient (Wildman–Crippen LogP) is 0.918. The van der Waals surface area contributed by atoms with Crippen molar-refractivity contribution >= 4 is 40.3 Å². The molecule has 118 valence electrons. The number of hydrogen-bond donors (Lipinski definition) is 3. The molecule has 1 heterocycles. The van der Waals surface area contributed by atoms with Gasteiger partial charge >= 0.3 is 0 Å². The van der Waals surface area contributed by atoms with E-state index in [-0.39, 0.29) is 32.3 Å². The molecule has 22 heavy (non-hydrogen) atoms. The number of hydrogen-bond acceptors (Lipinski definition) is 7. The van der Waals surface area contributed by atoms with Crippen LogP contribution < -0.4 is 14.8 Å². The molecule has 0 atom stereocenters. The Kier molecular flexibility index (Phi) is 6.20. The number of aliphatic hydroxyl groups excluding tert-OH is 2. The van der Waals surface area contributed by atoms with Crippen molar-refractivity contribution in [3.63, 3.8) is 0 Å². The van der Waals surface area contributed by atoms with Crippen molar-refractivity contribution in [2.45, 2.75) is 0 Å². The van der Waals surface area contributed by atoms with Crippen molar-refractivity contribution in [3.8, 4) is 11.5 Å². The molecule has 0 aromatic heterocycles. The SMILES string of the molecule is O=C1NC(=S)S/C1=C\c1ccc(OCCO)c(OCCO)c1. The molecule has 1 aliphatic rings. The molecule has 0 aliphatic carbocycles. The van der Waals surface area contributed by atoms with Gasteiger partial charge in [0.25, 0.3) is 5.91 Å². The van der Waals surface area contributed by atoms with Gasteiger partial charge in [0.1, 0.15) is 17.5 Å². The lowest BCUT2D eigenvalue weighted by molar-refractivity contribution is -0.115. The fraction of sp³-hybridized carbons (Fsp3) is 0.286. The second-order valence-electron chi connectivity index (χ2n) is 4.20. The van der Waals surface area contributed by atoms with Crippen LogP contribution in [0.25, 0.3) is 6.08 Å². The smallest absolute Gasteiger partial charge is 0.263 e. The van der Waals surface area contributed by atoms with Gasteiger partial charge in [0.15, 0.2) is 11.5 Å². The molecule has 1 aromatic rings. The lowest BCUT2D eigenvalue weighted by atomic mass is 10.2. The van der Waals surface area contributed by atoms with E-state index in [0.717, 1.165) is 5.56 Å². The average molecular weight is 341 g/mol. The van der Waals surface area contributed by atoms with Crippen molar-refractivity contribution in [3.05, 3.63) is 28.7 Å². The Balaban J connectivity index is 2.23. The van der Waals surface area contributed by atoms with E-state index in [1.165, 1.54) is 11.8 Å². The van der Waals surface area contributed by atoms with Gasteiger partial charge < -0.3 is 25.0 Å². The van der Waals surface area contributed by atoms with Crippen molar-refractivity contribution in [2.24, 2.45) is 0 Å². The van der Waals surface area contributed by atoms with Gasteiger partial charge in [-0.05, 0) is 23.8 Å². The highest BCUT2D eigenvalue weighted by atomic mass is 32.2. The van der Waals surface area contributed by atoms with E-state index in [1.807, 2.05) is 0 Å². The summed E-state index contributed by atoms with van der Waals surface area (Å²) in [5.74, 6) is 0.667. The van der Waals surface area contributed by atoms with Gasteiger partial charge in [-0.1, -0.05) is 30.0 Å². The third-order valence-electron chi connectivity index (χ3n) is 2.61. The molecule has 8 heteroatoms. The van der Waals surface area contributed by atoms with Gasteiger partial charge in [0, 0.05) is 0 Å². The molecule has 0 bridgehead atoms. The molecule has 0 radical (unpaired) electrons. The van der Waals surface area contributed by atoms with Gasteiger partial charge in [-0.2, -0.15) is 0 Å². The Morgan fingerprint density at radius 2 is 1.86 bits per heavy atom. The summed E-state index contributed by atoms with van der Waals surface area (Å²) in [6.07, 6.45) is 1.70. The summed E-state index contributed by atoms with van der Waals surface area (Å²) in [6, 6.07) is 5.15. The Bertz CT molecular complexity index is 603. The zero-order chi connectivity index (χ0) is 15.9. The number of rotatable bonds is 7. The summed E-state index contributed by atoms with van der Waals surface area (Å²) in [4.78, 5) is 12.2. The van der Waals surface area contributed by atoms with Crippen LogP contribution in [0.1, 0.15) is 5.56 Å². The number of amides is 1. The van der Waals surface area contributed by atoms with E-state index < -0.39 is 0 Å². The maximum absolute atomic E-state index is 11.6. The first kappa shape index (κ1) is 16.8. The van der Waals surface area contributed by atoms with Crippen molar-refractivity contribution in [1.29, 1.82) is 0 Å². The predicted molar refractivity (Wildman–Crippen MR) is 87.9 cm³/mol. The Morgan fingerprint density at radius 3 is 2.45 bits per heavy atom. The molecule has 0 spiro atoms. The highest BCUT2D eigenvalue weighted by Crippen LogP contribution is 2.31. The number of benzene rings is 1. The highest BCUT2D eigenvalue weighted by Gasteiger charge is 2.22. The van der Waals surface area contributed by atoms with E-state index in [4.69, 9.17) is 31.9 Å². The second kappa shape index (κ2) is 8.14. The molecule has 1 amide bonds. The van der Waals surface area contributed by atoms with E-state index in [9.17, 15) is 4.79 Å². The lowest BCUT2D eigenvalue weighted by Crippen LogP contribution is -2.17. The molecule has 3 N–H and O–H groups in total. The number of ether oxygens (including phenoxy) is 2. The van der Waals surface area contributed by atoms with Gasteiger partial charge in [-0.25, -0.2) is 0 Å².